The molecule has 1 aromatic heterocycles. The zero-order valence-corrected chi connectivity index (χ0v) is 16.1. The van der Waals surface area contributed by atoms with Gasteiger partial charge in [0.15, 0.2) is 11.5 Å². The number of nitrogens with zero attached hydrogens (tertiary/aromatic N) is 1. The van der Waals surface area contributed by atoms with Crippen molar-refractivity contribution in [2.75, 3.05) is 12.1 Å². The summed E-state index contributed by atoms with van der Waals surface area (Å²) in [4.78, 5) is 28.8. The smallest absolute Gasteiger partial charge is 0.248 e. The molecule has 2 heterocycles. The normalized spacial score (nSPS) is 15.5. The monoisotopic (exact) mass is 407 g/mol. The van der Waals surface area contributed by atoms with Crippen molar-refractivity contribution in [2.45, 2.75) is 18.3 Å². The van der Waals surface area contributed by atoms with Gasteiger partial charge in [-0.15, -0.1) is 0 Å². The number of ether oxygens (including phenoxy) is 2. The summed E-state index contributed by atoms with van der Waals surface area (Å²) in [5, 5.41) is 2.92. The fraction of sp³-hybridized carbons (Fsp3) is 0.174. The third-order valence-corrected chi connectivity index (χ3v) is 5.60. The third-order valence-electron chi connectivity index (χ3n) is 5.60. The van der Waals surface area contributed by atoms with Crippen molar-refractivity contribution in [3.05, 3.63) is 71.9 Å². The predicted octanol–water partition coefficient (Wildman–Crippen LogP) is 3.98. The van der Waals surface area contributed by atoms with E-state index in [1.807, 2.05) is 30.3 Å². The van der Waals surface area contributed by atoms with Crippen LogP contribution in [0, 0.1) is 0 Å². The van der Waals surface area contributed by atoms with E-state index in [1.165, 1.54) is 0 Å². The van der Waals surface area contributed by atoms with E-state index in [0.29, 0.717) is 22.9 Å². The first-order chi connectivity index (χ1) is 14.5. The van der Waals surface area contributed by atoms with Gasteiger partial charge in [-0.3, -0.25) is 9.59 Å². The van der Waals surface area contributed by atoms with Crippen molar-refractivity contribution in [3.8, 4) is 22.6 Å². The number of primary amides is 1. The molecule has 1 aliphatic carbocycles. The lowest BCUT2D eigenvalue weighted by Crippen LogP contribution is -2.28. The van der Waals surface area contributed by atoms with E-state index in [1.54, 1.807) is 30.5 Å². The minimum Gasteiger partial charge on any atom is -0.454 e. The minimum absolute atomic E-state index is 0. The van der Waals surface area contributed by atoms with Gasteiger partial charge in [-0.05, 0) is 60.4 Å². The number of nitrogens with two attached hydrogens (primary N) is 1. The highest BCUT2D eigenvalue weighted by atomic mass is 16.7. The van der Waals surface area contributed by atoms with Crippen LogP contribution in [0.3, 0.4) is 0 Å². The van der Waals surface area contributed by atoms with Crippen LogP contribution in [-0.4, -0.2) is 23.6 Å². The molecule has 2 amide bonds. The van der Waals surface area contributed by atoms with Gasteiger partial charge in [0.2, 0.25) is 18.6 Å². The second-order valence-corrected chi connectivity index (χ2v) is 7.48. The van der Waals surface area contributed by atoms with Crippen LogP contribution < -0.4 is 20.5 Å². The summed E-state index contributed by atoms with van der Waals surface area (Å²) in [6, 6.07) is 16.3. The lowest BCUT2D eigenvalue weighted by molar-refractivity contribution is -0.118. The molecule has 1 fully saturated rings. The van der Waals surface area contributed by atoms with Crippen molar-refractivity contribution in [1.29, 1.82) is 0 Å². The Balaban J connectivity index is 0.00000128. The van der Waals surface area contributed by atoms with Gasteiger partial charge in [0.25, 0.3) is 0 Å². The number of anilines is 1. The first-order valence-corrected chi connectivity index (χ1v) is 9.63. The van der Waals surface area contributed by atoms with Gasteiger partial charge in [0, 0.05) is 21.6 Å². The largest absolute Gasteiger partial charge is 0.454 e. The summed E-state index contributed by atoms with van der Waals surface area (Å²) >= 11 is 0. The van der Waals surface area contributed by atoms with E-state index in [0.717, 1.165) is 29.5 Å². The Kier molecular flexibility index (Phi) is 4.17. The molecule has 0 saturated heterocycles. The number of hydrogen-bond donors (Lipinski definition) is 2. The van der Waals surface area contributed by atoms with Gasteiger partial charge in [-0.2, -0.15) is 0 Å². The van der Waals surface area contributed by atoms with Crippen LogP contribution in [0.4, 0.5) is 5.82 Å². The molecule has 5 rings (SSSR count). The number of rotatable bonds is 5. The lowest BCUT2D eigenvalue weighted by Gasteiger charge is -2.16. The molecule has 1 saturated carbocycles. The van der Waals surface area contributed by atoms with Crippen molar-refractivity contribution < 1.29 is 23.3 Å². The predicted molar refractivity (Wildman–Crippen MR) is 117 cm³/mol. The Labute approximate surface area is 177 Å². The van der Waals surface area contributed by atoms with Crippen molar-refractivity contribution in [1.82, 2.24) is 4.98 Å². The summed E-state index contributed by atoms with van der Waals surface area (Å²) in [5.74, 6) is 1.28. The van der Waals surface area contributed by atoms with Gasteiger partial charge in [-0.25, -0.2) is 4.98 Å². The molecule has 7 heteroatoms. The highest BCUT2D eigenvalue weighted by molar-refractivity contribution is 6.01. The summed E-state index contributed by atoms with van der Waals surface area (Å²) in [7, 11) is 0. The van der Waals surface area contributed by atoms with Crippen LogP contribution >= 0.6 is 0 Å². The molecule has 3 aromatic rings. The second-order valence-electron chi connectivity index (χ2n) is 7.48. The van der Waals surface area contributed by atoms with Gasteiger partial charge >= 0.3 is 0 Å². The summed E-state index contributed by atoms with van der Waals surface area (Å²) in [5.41, 5.74) is 7.80. The molecule has 156 valence electrons. The van der Waals surface area contributed by atoms with Crippen LogP contribution in [0.1, 0.15) is 33.0 Å². The maximum atomic E-state index is 13.0. The summed E-state index contributed by atoms with van der Waals surface area (Å²) in [6.07, 6.45) is 3.21. The number of nitrogens with one attached hydrogen (secondary N) is 1. The number of carbonyl (C=O) groups is 2. The number of amides is 2. The van der Waals surface area contributed by atoms with Crippen LogP contribution in [-0.2, 0) is 10.2 Å². The zero-order valence-electron chi connectivity index (χ0n) is 16.1. The van der Waals surface area contributed by atoms with Crippen LogP contribution in [0.15, 0.2) is 60.8 Å². The van der Waals surface area contributed by atoms with Gasteiger partial charge in [-0.1, -0.05) is 18.2 Å². The topological polar surface area (TPSA) is 104 Å². The molecular formula is C23H25N3O4. The molecule has 0 bridgehead atoms. The third kappa shape index (κ3) is 3.14. The van der Waals surface area contributed by atoms with E-state index >= 15 is 0 Å². The van der Waals surface area contributed by atoms with E-state index < -0.39 is 11.3 Å². The molecule has 0 radical (unpaired) electrons. The number of hydrogen-bond acceptors (Lipinski definition) is 5. The maximum Gasteiger partial charge on any atom is 0.248 e. The summed E-state index contributed by atoms with van der Waals surface area (Å²) in [6.45, 7) is 0.205. The number of pyridine rings is 1. The molecule has 2 aliphatic rings. The Morgan fingerprint density at radius 2 is 1.83 bits per heavy atom. The van der Waals surface area contributed by atoms with Crippen molar-refractivity contribution in [2.24, 2.45) is 5.73 Å². The molecular weight excluding hydrogens is 382 g/mol. The highest BCUT2D eigenvalue weighted by Gasteiger charge is 2.51. The van der Waals surface area contributed by atoms with Gasteiger partial charge in [0.05, 0.1) is 5.41 Å². The van der Waals surface area contributed by atoms with Gasteiger partial charge < -0.3 is 20.5 Å². The molecule has 0 unspecified atom stereocenters. The van der Waals surface area contributed by atoms with Crippen LogP contribution in [0.5, 0.6) is 11.5 Å². The lowest BCUT2D eigenvalue weighted by atomic mass is 9.94. The fourth-order valence-corrected chi connectivity index (χ4v) is 3.69. The SMILES string of the molecule is NC(=O)c1cccc(-c2ccc(NC(=O)C3(c4ccc5c(c4)OCO5)CC3)nc2)c1.[HH].[HH].[HH]. The molecule has 3 N–H and O–H groups in total. The standard InChI is InChI=1S/C23H19N3O4.3H2/c24-21(27)15-3-1-2-14(10-15)16-4-7-20(25-12-16)26-22(28)23(8-9-23)17-5-6-18-19(11-17)30-13-29-18;;;/h1-7,10-12H,8-9,13H2,(H2,24,27)(H,25,26,28);3*1H. The maximum absolute atomic E-state index is 13.0. The number of aromatic nitrogens is 1. The Hall–Kier alpha value is -3.87. The van der Waals surface area contributed by atoms with Crippen molar-refractivity contribution in [3.63, 3.8) is 0 Å². The first kappa shape index (κ1) is 18.2. The first-order valence-electron chi connectivity index (χ1n) is 9.63. The fourth-order valence-electron chi connectivity index (χ4n) is 3.69. The van der Waals surface area contributed by atoms with E-state index in [2.05, 4.69) is 10.3 Å². The van der Waals surface area contributed by atoms with E-state index in [4.69, 9.17) is 15.2 Å². The Morgan fingerprint density at radius 1 is 1.00 bits per heavy atom. The quantitative estimate of drug-likeness (QED) is 0.666. The average Bonchev–Trinajstić information content (AvgIpc) is 3.45. The Bertz CT molecular complexity index is 1170. The van der Waals surface area contributed by atoms with Crippen LogP contribution in [0.25, 0.3) is 11.1 Å². The molecule has 30 heavy (non-hydrogen) atoms. The van der Waals surface area contributed by atoms with E-state index in [-0.39, 0.29) is 17.0 Å². The minimum atomic E-state index is -0.558. The molecule has 0 spiro atoms. The average molecular weight is 407 g/mol. The zero-order chi connectivity index (χ0) is 20.7. The molecule has 7 nitrogen and oxygen atoms in total. The second kappa shape index (κ2) is 6.88. The Morgan fingerprint density at radius 3 is 2.57 bits per heavy atom. The summed E-state index contributed by atoms with van der Waals surface area (Å²) < 4.78 is 10.8. The number of fused-ring (bicyclic) bond motifs is 1. The highest BCUT2D eigenvalue weighted by Crippen LogP contribution is 2.51. The molecule has 2 aromatic carbocycles. The number of benzene rings is 2. The van der Waals surface area contributed by atoms with Crippen LogP contribution in [0.2, 0.25) is 0 Å². The number of carbonyl (C=O) groups excluding carboxylic acids is 2. The van der Waals surface area contributed by atoms with Crippen molar-refractivity contribution >= 4 is 17.6 Å². The molecule has 0 atom stereocenters. The van der Waals surface area contributed by atoms with Gasteiger partial charge in [0.1, 0.15) is 5.82 Å². The van der Waals surface area contributed by atoms with E-state index in [9.17, 15) is 9.59 Å². The molecule has 1 aliphatic heterocycles.